The summed E-state index contributed by atoms with van der Waals surface area (Å²) < 4.78 is 14.1. The molecule has 34 heavy (non-hydrogen) atoms. The molecule has 2 aromatic heterocycles. The molecule has 3 heterocycles. The fourth-order valence-corrected chi connectivity index (χ4v) is 3.68. The standard InChI is InChI=1S/C12H15N5O.C10H15F.C5H10/c1-13-12(18)9-8-14-17-7-4-10(15-11(9)17)16-5-2-3-6-16;1-4-9(3)7-6-8-10(11)5-2;1-2-4-5-3-1/h4,7-8H,2-3,5-6H2,1H3,(H,13,18);5-8H,4H2,1-3H3;1-5H2/b;8-6-,9-7?,10-5+;. The lowest BCUT2D eigenvalue weighted by atomic mass is 10.2. The lowest BCUT2D eigenvalue weighted by Crippen LogP contribution is -2.20. The van der Waals surface area contributed by atoms with Crippen molar-refractivity contribution in [2.75, 3.05) is 25.0 Å². The summed E-state index contributed by atoms with van der Waals surface area (Å²) in [6.07, 6.45) is 20.9. The van der Waals surface area contributed by atoms with Crippen LogP contribution in [0.2, 0.25) is 0 Å². The van der Waals surface area contributed by atoms with Crippen molar-refractivity contribution in [2.24, 2.45) is 0 Å². The number of aromatic nitrogens is 3. The van der Waals surface area contributed by atoms with E-state index in [2.05, 4.69) is 27.2 Å². The van der Waals surface area contributed by atoms with Gasteiger partial charge in [0.25, 0.3) is 5.91 Å². The van der Waals surface area contributed by atoms with E-state index in [0.717, 1.165) is 25.3 Å². The molecule has 2 aromatic rings. The van der Waals surface area contributed by atoms with Crippen molar-refractivity contribution in [2.45, 2.75) is 72.1 Å². The number of hydrogen-bond donors (Lipinski definition) is 1. The normalized spacial score (nSPS) is 16.3. The number of carbonyl (C=O) groups excluding carboxylic acids is 1. The first-order chi connectivity index (χ1) is 16.5. The molecular weight excluding hydrogens is 429 g/mol. The Balaban J connectivity index is 0.000000217. The van der Waals surface area contributed by atoms with E-state index in [1.54, 1.807) is 30.8 Å². The van der Waals surface area contributed by atoms with Gasteiger partial charge in [0.15, 0.2) is 5.65 Å². The molecule has 1 saturated carbocycles. The summed E-state index contributed by atoms with van der Waals surface area (Å²) in [5, 5.41) is 6.73. The quantitative estimate of drug-likeness (QED) is 0.514. The van der Waals surface area contributed by atoms with Crippen molar-refractivity contribution < 1.29 is 9.18 Å². The molecular formula is C27H40FN5O. The first-order valence-electron chi connectivity index (χ1n) is 12.5. The Morgan fingerprint density at radius 3 is 2.35 bits per heavy atom. The SMILES string of the molecule is C/C=C(F)\C=C/C=C(C)CC.C1CCCC1.CNC(=O)c1cnn2ccc(N3CCCC3)nc12. The molecule has 1 aliphatic heterocycles. The van der Waals surface area contributed by atoms with E-state index in [4.69, 9.17) is 0 Å². The van der Waals surface area contributed by atoms with Crippen LogP contribution in [0, 0.1) is 0 Å². The number of fused-ring (bicyclic) bond motifs is 1. The van der Waals surface area contributed by atoms with Crippen LogP contribution in [0.5, 0.6) is 0 Å². The van der Waals surface area contributed by atoms with Crippen LogP contribution in [0.15, 0.2) is 54.2 Å². The van der Waals surface area contributed by atoms with E-state index < -0.39 is 0 Å². The molecule has 1 saturated heterocycles. The average Bonchev–Trinajstić information content (AvgIpc) is 3.66. The Labute approximate surface area is 203 Å². The van der Waals surface area contributed by atoms with Gasteiger partial charge in [-0.05, 0) is 45.3 Å². The summed E-state index contributed by atoms with van der Waals surface area (Å²) in [5.74, 6) is 0.576. The van der Waals surface area contributed by atoms with E-state index in [-0.39, 0.29) is 11.7 Å². The van der Waals surface area contributed by atoms with Gasteiger partial charge in [0, 0.05) is 26.3 Å². The van der Waals surface area contributed by atoms with E-state index in [9.17, 15) is 9.18 Å². The number of carbonyl (C=O) groups is 1. The smallest absolute Gasteiger partial charge is 0.256 e. The van der Waals surface area contributed by atoms with Crippen molar-refractivity contribution in [1.29, 1.82) is 0 Å². The fourth-order valence-electron chi connectivity index (χ4n) is 3.68. The molecule has 2 fully saturated rings. The number of anilines is 1. The molecule has 0 bridgehead atoms. The van der Waals surface area contributed by atoms with Crippen LogP contribution in [-0.2, 0) is 0 Å². The number of nitrogens with zero attached hydrogens (tertiary/aromatic N) is 4. The minimum atomic E-state index is -0.190. The third-order valence-corrected chi connectivity index (χ3v) is 5.98. The predicted octanol–water partition coefficient (Wildman–Crippen LogP) is 6.41. The lowest BCUT2D eigenvalue weighted by molar-refractivity contribution is 0.0964. The first kappa shape index (κ1) is 27.3. The van der Waals surface area contributed by atoms with Crippen LogP contribution in [-0.4, -0.2) is 40.6 Å². The minimum Gasteiger partial charge on any atom is -0.357 e. The van der Waals surface area contributed by atoms with Gasteiger partial charge in [0.05, 0.1) is 6.20 Å². The van der Waals surface area contributed by atoms with Crippen LogP contribution in [0.25, 0.3) is 5.65 Å². The molecule has 186 valence electrons. The van der Waals surface area contributed by atoms with Crippen LogP contribution >= 0.6 is 0 Å². The average molecular weight is 470 g/mol. The van der Waals surface area contributed by atoms with E-state index in [0.29, 0.717) is 11.2 Å². The zero-order chi connectivity index (χ0) is 24.8. The number of nitrogens with one attached hydrogen (secondary N) is 1. The molecule has 2 aliphatic rings. The highest BCUT2D eigenvalue weighted by molar-refractivity contribution is 5.99. The van der Waals surface area contributed by atoms with Crippen LogP contribution in [0.4, 0.5) is 10.2 Å². The lowest BCUT2D eigenvalue weighted by Gasteiger charge is -2.15. The Morgan fingerprint density at radius 1 is 1.15 bits per heavy atom. The monoisotopic (exact) mass is 469 g/mol. The second-order valence-electron chi connectivity index (χ2n) is 8.55. The fraction of sp³-hybridized carbons (Fsp3) is 0.519. The van der Waals surface area contributed by atoms with Crippen LogP contribution in [0.3, 0.4) is 0 Å². The molecule has 1 aliphatic carbocycles. The van der Waals surface area contributed by atoms with Gasteiger partial charge < -0.3 is 10.2 Å². The molecule has 1 amide bonds. The van der Waals surface area contributed by atoms with E-state index in [1.165, 1.54) is 62.7 Å². The van der Waals surface area contributed by atoms with Crippen molar-refractivity contribution in [3.8, 4) is 0 Å². The third kappa shape index (κ3) is 8.76. The van der Waals surface area contributed by atoms with Gasteiger partial charge in [0.2, 0.25) is 0 Å². The van der Waals surface area contributed by atoms with Crippen molar-refractivity contribution >= 4 is 17.4 Å². The van der Waals surface area contributed by atoms with Crippen molar-refractivity contribution in [3.63, 3.8) is 0 Å². The highest BCUT2D eigenvalue weighted by Crippen LogP contribution is 2.19. The molecule has 0 unspecified atom stereocenters. The Morgan fingerprint density at radius 2 is 1.79 bits per heavy atom. The molecule has 4 rings (SSSR count). The van der Waals surface area contributed by atoms with E-state index >= 15 is 0 Å². The van der Waals surface area contributed by atoms with Gasteiger partial charge in [-0.25, -0.2) is 13.9 Å². The molecule has 6 nitrogen and oxygen atoms in total. The second kappa shape index (κ2) is 15.0. The van der Waals surface area contributed by atoms with Gasteiger partial charge in [0.1, 0.15) is 17.2 Å². The topological polar surface area (TPSA) is 62.5 Å². The highest BCUT2D eigenvalue weighted by Gasteiger charge is 2.17. The van der Waals surface area contributed by atoms with Gasteiger partial charge in [-0.3, -0.25) is 4.79 Å². The number of halogens is 1. The second-order valence-corrected chi connectivity index (χ2v) is 8.55. The number of hydrogen-bond acceptors (Lipinski definition) is 4. The maximum absolute atomic E-state index is 12.4. The molecule has 0 aromatic carbocycles. The first-order valence-corrected chi connectivity index (χ1v) is 12.5. The van der Waals surface area contributed by atoms with E-state index in [1.807, 2.05) is 25.3 Å². The molecule has 1 N–H and O–H groups in total. The molecule has 0 spiro atoms. The largest absolute Gasteiger partial charge is 0.357 e. The maximum Gasteiger partial charge on any atom is 0.256 e. The Kier molecular flexibility index (Phi) is 12.1. The number of rotatable bonds is 5. The third-order valence-electron chi connectivity index (χ3n) is 5.98. The zero-order valence-electron chi connectivity index (χ0n) is 21.2. The van der Waals surface area contributed by atoms with Crippen molar-refractivity contribution in [1.82, 2.24) is 19.9 Å². The summed E-state index contributed by atoms with van der Waals surface area (Å²) in [6.45, 7) is 7.85. The van der Waals surface area contributed by atoms with Gasteiger partial charge in [-0.1, -0.05) is 62.8 Å². The minimum absolute atomic E-state index is 0.156. The predicted molar refractivity (Wildman–Crippen MR) is 139 cm³/mol. The summed E-state index contributed by atoms with van der Waals surface area (Å²) >= 11 is 0. The molecule has 0 radical (unpaired) electrons. The van der Waals surface area contributed by atoms with Gasteiger partial charge in [-0.2, -0.15) is 5.10 Å². The maximum atomic E-state index is 12.4. The number of amides is 1. The summed E-state index contributed by atoms with van der Waals surface area (Å²) in [5.41, 5.74) is 2.38. The van der Waals surface area contributed by atoms with Crippen LogP contribution in [0.1, 0.15) is 82.5 Å². The Bertz CT molecular complexity index is 974. The molecule has 7 heteroatoms. The van der Waals surface area contributed by atoms with Gasteiger partial charge >= 0.3 is 0 Å². The summed E-state index contributed by atoms with van der Waals surface area (Å²) in [7, 11) is 1.61. The molecule has 0 atom stereocenters. The van der Waals surface area contributed by atoms with Gasteiger partial charge in [-0.15, -0.1) is 0 Å². The zero-order valence-corrected chi connectivity index (χ0v) is 21.2. The summed E-state index contributed by atoms with van der Waals surface area (Å²) in [4.78, 5) is 18.5. The van der Waals surface area contributed by atoms with Crippen molar-refractivity contribution in [3.05, 3.63) is 59.7 Å². The Hall–Kier alpha value is -2.96. The highest BCUT2D eigenvalue weighted by atomic mass is 19.1. The van der Waals surface area contributed by atoms with Crippen LogP contribution < -0.4 is 10.2 Å². The number of allylic oxidation sites excluding steroid dienone is 6. The summed E-state index contributed by atoms with van der Waals surface area (Å²) in [6, 6.07) is 1.94.